The molecular weight excluding hydrogens is 354 g/mol. The molecule has 1 N–H and O–H groups in total. The maximum Gasteiger partial charge on any atom is 0.211 e. The van der Waals surface area contributed by atoms with Crippen LogP contribution in [0.3, 0.4) is 0 Å². The fourth-order valence-electron chi connectivity index (χ4n) is 3.79. The first kappa shape index (κ1) is 14.6. The van der Waals surface area contributed by atoms with E-state index in [0.29, 0.717) is 10.2 Å². The van der Waals surface area contributed by atoms with Gasteiger partial charge in [0.2, 0.25) is 5.72 Å². The second-order valence-corrected chi connectivity index (χ2v) is 7.44. The van der Waals surface area contributed by atoms with Gasteiger partial charge in [-0.3, -0.25) is 0 Å². The number of aromatic hydroxyl groups is 1. The van der Waals surface area contributed by atoms with Crippen LogP contribution >= 0.6 is 15.9 Å². The molecule has 2 aromatic carbocycles. The lowest BCUT2D eigenvalue weighted by Gasteiger charge is -2.46. The summed E-state index contributed by atoms with van der Waals surface area (Å²) in [5, 5.41) is 10.0. The number of halogens is 1. The zero-order chi connectivity index (χ0) is 16.4. The van der Waals surface area contributed by atoms with Crippen molar-refractivity contribution in [1.29, 1.82) is 0 Å². The Morgan fingerprint density at radius 3 is 2.61 bits per heavy atom. The second kappa shape index (κ2) is 4.54. The number of nitrogens with zero attached hydrogens (tertiary/aromatic N) is 1. The summed E-state index contributed by atoms with van der Waals surface area (Å²) in [5.41, 5.74) is 2.52. The zero-order valence-electron chi connectivity index (χ0n) is 13.3. The van der Waals surface area contributed by atoms with E-state index < -0.39 is 5.72 Å². The molecule has 2 aliphatic heterocycles. The summed E-state index contributed by atoms with van der Waals surface area (Å²) in [6.07, 6.45) is 4.20. The summed E-state index contributed by atoms with van der Waals surface area (Å²) in [5.74, 6) is 0.866. The Bertz CT molecular complexity index is 843. The van der Waals surface area contributed by atoms with Crippen LogP contribution in [0, 0.1) is 0 Å². The average Bonchev–Trinajstić information content (AvgIpc) is 2.71. The van der Waals surface area contributed by atoms with E-state index in [-0.39, 0.29) is 11.2 Å². The van der Waals surface area contributed by atoms with Crippen LogP contribution < -0.4 is 9.64 Å². The molecule has 1 spiro atoms. The van der Waals surface area contributed by atoms with Crippen molar-refractivity contribution in [2.75, 3.05) is 11.9 Å². The summed E-state index contributed by atoms with van der Waals surface area (Å²) in [6.45, 7) is 4.39. The van der Waals surface area contributed by atoms with Gasteiger partial charge < -0.3 is 14.7 Å². The number of phenols is 1. The molecule has 0 saturated carbocycles. The number of phenolic OH excluding ortho intramolecular Hbond substituents is 1. The first-order chi connectivity index (χ1) is 10.9. The predicted molar refractivity (Wildman–Crippen MR) is 96.1 cm³/mol. The van der Waals surface area contributed by atoms with Crippen molar-refractivity contribution in [1.82, 2.24) is 0 Å². The number of para-hydroxylation sites is 1. The molecule has 0 aliphatic carbocycles. The Morgan fingerprint density at radius 2 is 1.87 bits per heavy atom. The molecule has 23 heavy (non-hydrogen) atoms. The molecule has 0 radical (unpaired) electrons. The summed E-state index contributed by atoms with van der Waals surface area (Å²) in [6, 6.07) is 11.9. The Labute approximate surface area is 144 Å². The van der Waals surface area contributed by atoms with Gasteiger partial charge in [0, 0.05) is 18.3 Å². The number of ether oxygens (including phenoxy) is 1. The highest BCUT2D eigenvalue weighted by atomic mass is 79.9. The van der Waals surface area contributed by atoms with Gasteiger partial charge in [-0.25, -0.2) is 0 Å². The first-order valence-electron chi connectivity index (χ1n) is 7.61. The van der Waals surface area contributed by atoms with Crippen molar-refractivity contribution in [3.8, 4) is 11.5 Å². The second-order valence-electron chi connectivity index (χ2n) is 6.65. The van der Waals surface area contributed by atoms with Gasteiger partial charge in [-0.05, 0) is 65.7 Å². The summed E-state index contributed by atoms with van der Waals surface area (Å²) in [4.78, 5) is 2.18. The third kappa shape index (κ3) is 1.70. The van der Waals surface area contributed by atoms with Crippen molar-refractivity contribution < 1.29 is 9.84 Å². The molecule has 4 rings (SSSR count). The van der Waals surface area contributed by atoms with Crippen molar-refractivity contribution >= 4 is 27.7 Å². The molecule has 1 unspecified atom stereocenters. The number of hydrogen-bond donors (Lipinski definition) is 1. The van der Waals surface area contributed by atoms with E-state index in [1.165, 1.54) is 11.3 Å². The Kier molecular flexibility index (Phi) is 2.89. The largest absolute Gasteiger partial charge is 0.507 e. The van der Waals surface area contributed by atoms with Crippen LogP contribution in [0.25, 0.3) is 6.08 Å². The smallest absolute Gasteiger partial charge is 0.211 e. The first-order valence-corrected chi connectivity index (χ1v) is 8.41. The van der Waals surface area contributed by atoms with Crippen LogP contribution in [0.5, 0.6) is 11.5 Å². The van der Waals surface area contributed by atoms with E-state index in [0.717, 1.165) is 5.56 Å². The molecule has 0 amide bonds. The van der Waals surface area contributed by atoms with Crippen molar-refractivity contribution in [2.24, 2.45) is 0 Å². The van der Waals surface area contributed by atoms with Gasteiger partial charge in [-0.15, -0.1) is 0 Å². The van der Waals surface area contributed by atoms with E-state index in [1.807, 2.05) is 12.1 Å². The minimum atomic E-state index is -0.625. The van der Waals surface area contributed by atoms with Crippen LogP contribution in [0.15, 0.2) is 46.9 Å². The SMILES string of the molecule is CN1c2ccccc2C(C)(C)C12C=Cc1ccc(O)c(Br)c1O2. The lowest BCUT2D eigenvalue weighted by atomic mass is 9.76. The van der Waals surface area contributed by atoms with E-state index in [1.54, 1.807) is 6.07 Å². The molecule has 0 fully saturated rings. The summed E-state index contributed by atoms with van der Waals surface area (Å²) in [7, 11) is 2.06. The molecule has 0 bridgehead atoms. The zero-order valence-corrected chi connectivity index (χ0v) is 14.9. The highest BCUT2D eigenvalue weighted by Gasteiger charge is 2.57. The van der Waals surface area contributed by atoms with E-state index >= 15 is 0 Å². The van der Waals surface area contributed by atoms with Gasteiger partial charge >= 0.3 is 0 Å². The third-order valence-corrected chi connectivity index (χ3v) is 5.95. The predicted octanol–water partition coefficient (Wildman–Crippen LogP) is 4.68. The molecule has 2 aliphatic rings. The van der Waals surface area contributed by atoms with Gasteiger partial charge in [0.1, 0.15) is 16.0 Å². The minimum absolute atomic E-state index is 0.185. The fraction of sp³-hybridized carbons (Fsp3) is 0.263. The molecule has 4 heteroatoms. The van der Waals surface area contributed by atoms with Crippen LogP contribution in [0.4, 0.5) is 5.69 Å². The molecular formula is C19H18BrNO2. The Balaban J connectivity index is 1.93. The topological polar surface area (TPSA) is 32.7 Å². The summed E-state index contributed by atoms with van der Waals surface area (Å²) < 4.78 is 7.13. The number of fused-ring (bicyclic) bond motifs is 2. The molecule has 0 aromatic heterocycles. The number of hydrogen-bond acceptors (Lipinski definition) is 3. The Morgan fingerprint density at radius 1 is 1.13 bits per heavy atom. The fourth-order valence-corrected chi connectivity index (χ4v) is 4.23. The Hall–Kier alpha value is -1.94. The molecule has 118 valence electrons. The van der Waals surface area contributed by atoms with Gasteiger partial charge in [-0.2, -0.15) is 0 Å². The number of anilines is 1. The van der Waals surface area contributed by atoms with E-state index in [9.17, 15) is 5.11 Å². The van der Waals surface area contributed by atoms with Crippen molar-refractivity contribution in [3.05, 3.63) is 58.1 Å². The van der Waals surface area contributed by atoms with Gasteiger partial charge in [0.15, 0.2) is 0 Å². The lowest BCUT2D eigenvalue weighted by molar-refractivity contribution is 0.0571. The summed E-state index contributed by atoms with van der Waals surface area (Å²) >= 11 is 3.46. The van der Waals surface area contributed by atoms with Gasteiger partial charge in [0.25, 0.3) is 0 Å². The van der Waals surface area contributed by atoms with Crippen molar-refractivity contribution in [2.45, 2.75) is 25.0 Å². The lowest BCUT2D eigenvalue weighted by Crippen LogP contribution is -2.58. The highest BCUT2D eigenvalue weighted by molar-refractivity contribution is 9.10. The van der Waals surface area contributed by atoms with Gasteiger partial charge in [0.05, 0.1) is 5.41 Å². The number of rotatable bonds is 0. The van der Waals surface area contributed by atoms with Crippen LogP contribution in [-0.4, -0.2) is 17.9 Å². The average molecular weight is 372 g/mol. The molecule has 0 saturated heterocycles. The molecule has 2 heterocycles. The maximum absolute atomic E-state index is 10.0. The van der Waals surface area contributed by atoms with Gasteiger partial charge in [-0.1, -0.05) is 18.2 Å². The van der Waals surface area contributed by atoms with Crippen molar-refractivity contribution in [3.63, 3.8) is 0 Å². The molecule has 1 atom stereocenters. The standard InChI is InChI=1S/C19H18BrNO2/c1-18(2)13-6-4-5-7-14(13)21(3)19(18)11-10-12-8-9-15(22)16(20)17(12)23-19/h4-11,22H,1-3H3. The molecule has 2 aromatic rings. The van der Waals surface area contributed by atoms with Crippen LogP contribution in [-0.2, 0) is 5.41 Å². The minimum Gasteiger partial charge on any atom is -0.507 e. The van der Waals surface area contributed by atoms with Crippen LogP contribution in [0.1, 0.15) is 25.0 Å². The number of likely N-dealkylation sites (N-methyl/N-ethyl adjacent to an activating group) is 1. The highest BCUT2D eigenvalue weighted by Crippen LogP contribution is 2.55. The van der Waals surface area contributed by atoms with Crippen LogP contribution in [0.2, 0.25) is 0 Å². The van der Waals surface area contributed by atoms with E-state index in [4.69, 9.17) is 4.74 Å². The monoisotopic (exact) mass is 371 g/mol. The maximum atomic E-state index is 10.0. The number of benzene rings is 2. The quantitative estimate of drug-likeness (QED) is 0.729. The van der Waals surface area contributed by atoms with E-state index in [2.05, 4.69) is 72.1 Å². The third-order valence-electron chi connectivity index (χ3n) is 5.19. The molecule has 3 nitrogen and oxygen atoms in total. The normalized spacial score (nSPS) is 23.6.